The molecule has 0 aliphatic heterocycles. The van der Waals surface area contributed by atoms with E-state index < -0.39 is 0 Å². The topological polar surface area (TPSA) is 12.0 Å². The molecule has 1 atom stereocenters. The molecule has 0 heterocycles. The van der Waals surface area contributed by atoms with Gasteiger partial charge >= 0.3 is 0 Å². The van der Waals surface area contributed by atoms with Crippen LogP contribution in [0.2, 0.25) is 10.0 Å². The molecule has 0 saturated heterocycles. The third kappa shape index (κ3) is 4.14. The highest BCUT2D eigenvalue weighted by atomic mass is 35.5. The third-order valence-electron chi connectivity index (χ3n) is 2.41. The lowest BCUT2D eigenvalue weighted by Crippen LogP contribution is -2.26. The number of alkyl halides is 1. The first kappa shape index (κ1) is 14.1. The van der Waals surface area contributed by atoms with Gasteiger partial charge in [0.05, 0.1) is 10.0 Å². The molecule has 1 unspecified atom stereocenters. The lowest BCUT2D eigenvalue weighted by molar-refractivity contribution is 0.546. The molecule has 0 aliphatic carbocycles. The lowest BCUT2D eigenvalue weighted by Gasteiger charge is -2.14. The normalized spacial score (nSPS) is 13.1. The van der Waals surface area contributed by atoms with Gasteiger partial charge in [0.1, 0.15) is 0 Å². The van der Waals surface area contributed by atoms with Crippen LogP contribution in [0.25, 0.3) is 0 Å². The van der Waals surface area contributed by atoms with Crippen LogP contribution in [0.5, 0.6) is 0 Å². The van der Waals surface area contributed by atoms with Crippen molar-refractivity contribution in [3.63, 3.8) is 0 Å². The monoisotopic (exact) mass is 279 g/mol. The Morgan fingerprint density at radius 1 is 1.25 bits per heavy atom. The van der Waals surface area contributed by atoms with Crippen LogP contribution in [0.4, 0.5) is 0 Å². The first-order valence-electron chi connectivity index (χ1n) is 5.30. The van der Waals surface area contributed by atoms with Crippen molar-refractivity contribution in [1.82, 2.24) is 5.32 Å². The number of hydrogen-bond donors (Lipinski definition) is 1. The third-order valence-corrected chi connectivity index (χ3v) is 3.93. The van der Waals surface area contributed by atoms with Crippen molar-refractivity contribution in [2.45, 2.75) is 25.8 Å². The van der Waals surface area contributed by atoms with Crippen molar-refractivity contribution in [2.75, 3.05) is 6.54 Å². The molecule has 0 bridgehead atoms. The van der Waals surface area contributed by atoms with E-state index in [1.165, 1.54) is 0 Å². The fourth-order valence-electron chi connectivity index (χ4n) is 1.27. The summed E-state index contributed by atoms with van der Waals surface area (Å²) in [5.41, 5.74) is 1.00. The highest BCUT2D eigenvalue weighted by Crippen LogP contribution is 2.25. The van der Waals surface area contributed by atoms with Crippen molar-refractivity contribution in [3.05, 3.63) is 33.8 Å². The van der Waals surface area contributed by atoms with Gasteiger partial charge in [-0.15, -0.1) is 11.6 Å². The average Bonchev–Trinajstić information content (AvgIpc) is 2.24. The summed E-state index contributed by atoms with van der Waals surface area (Å²) in [5.74, 6) is 0.462. The quantitative estimate of drug-likeness (QED) is 0.791. The fourth-order valence-corrected chi connectivity index (χ4v) is 1.76. The van der Waals surface area contributed by atoms with Crippen LogP contribution in [-0.2, 0) is 6.54 Å². The summed E-state index contributed by atoms with van der Waals surface area (Å²) in [6.45, 7) is 5.66. The second-order valence-electron chi connectivity index (χ2n) is 4.10. The summed E-state index contributed by atoms with van der Waals surface area (Å²) in [6, 6.07) is 5.64. The fraction of sp³-hybridized carbons (Fsp3) is 0.500. The Labute approximate surface area is 112 Å². The summed E-state index contributed by atoms with van der Waals surface area (Å²) in [4.78, 5) is 0. The van der Waals surface area contributed by atoms with Gasteiger partial charge in [-0.05, 0) is 17.5 Å². The Balaban J connectivity index is 2.46. The van der Waals surface area contributed by atoms with Crippen LogP contribution >= 0.6 is 34.8 Å². The average molecular weight is 281 g/mol. The van der Waals surface area contributed by atoms with Gasteiger partial charge in [-0.3, -0.25) is 0 Å². The van der Waals surface area contributed by atoms with Crippen molar-refractivity contribution in [3.8, 4) is 0 Å². The smallest absolute Gasteiger partial charge is 0.0637 e. The summed E-state index contributed by atoms with van der Waals surface area (Å²) < 4.78 is 0. The Kier molecular flexibility index (Phi) is 5.91. The van der Waals surface area contributed by atoms with Crippen LogP contribution in [0.3, 0.4) is 0 Å². The SMILES string of the molecule is CC(C)C(Cl)CNCc1cccc(Cl)c1Cl. The molecule has 0 aliphatic rings. The Hall–Kier alpha value is 0.0500. The van der Waals surface area contributed by atoms with E-state index in [4.69, 9.17) is 34.8 Å². The Bertz CT molecular complexity index is 339. The molecule has 0 amide bonds. The highest BCUT2D eigenvalue weighted by Gasteiger charge is 2.09. The molecule has 0 spiro atoms. The molecule has 1 N–H and O–H groups in total. The molecular weight excluding hydrogens is 264 g/mol. The second kappa shape index (κ2) is 6.70. The van der Waals surface area contributed by atoms with E-state index in [2.05, 4.69) is 19.2 Å². The van der Waals surface area contributed by atoms with Crippen LogP contribution < -0.4 is 5.32 Å². The second-order valence-corrected chi connectivity index (χ2v) is 5.45. The first-order valence-corrected chi connectivity index (χ1v) is 6.49. The maximum Gasteiger partial charge on any atom is 0.0637 e. The van der Waals surface area contributed by atoms with Crippen molar-refractivity contribution >= 4 is 34.8 Å². The van der Waals surface area contributed by atoms with E-state index in [9.17, 15) is 0 Å². The predicted molar refractivity (Wildman–Crippen MR) is 72.6 cm³/mol. The maximum atomic E-state index is 6.13. The summed E-state index contributed by atoms with van der Waals surface area (Å²) in [5, 5.41) is 4.62. The molecule has 16 heavy (non-hydrogen) atoms. The molecule has 0 fully saturated rings. The minimum atomic E-state index is 0.137. The van der Waals surface area contributed by atoms with Gasteiger partial charge < -0.3 is 5.32 Å². The van der Waals surface area contributed by atoms with Gasteiger partial charge in [0, 0.05) is 18.5 Å². The zero-order valence-electron chi connectivity index (χ0n) is 9.43. The van der Waals surface area contributed by atoms with Gasteiger partial charge in [0.2, 0.25) is 0 Å². The van der Waals surface area contributed by atoms with Crippen LogP contribution in [0, 0.1) is 5.92 Å². The molecule has 1 nitrogen and oxygen atoms in total. The first-order chi connectivity index (χ1) is 7.52. The molecule has 1 rings (SSSR count). The summed E-state index contributed by atoms with van der Waals surface area (Å²) in [6.07, 6.45) is 0. The van der Waals surface area contributed by atoms with Gasteiger partial charge in [-0.1, -0.05) is 49.2 Å². The van der Waals surface area contributed by atoms with E-state index in [1.807, 2.05) is 12.1 Å². The van der Waals surface area contributed by atoms with E-state index in [0.29, 0.717) is 22.5 Å². The zero-order chi connectivity index (χ0) is 12.1. The van der Waals surface area contributed by atoms with Crippen molar-refractivity contribution in [1.29, 1.82) is 0 Å². The molecule has 4 heteroatoms. The van der Waals surface area contributed by atoms with Crippen molar-refractivity contribution in [2.24, 2.45) is 5.92 Å². The summed E-state index contributed by atoms with van der Waals surface area (Å²) >= 11 is 18.1. The van der Waals surface area contributed by atoms with Crippen LogP contribution in [0.15, 0.2) is 18.2 Å². The minimum Gasteiger partial charge on any atom is -0.311 e. The number of nitrogens with one attached hydrogen (secondary N) is 1. The van der Waals surface area contributed by atoms with E-state index in [1.54, 1.807) is 6.07 Å². The number of benzene rings is 1. The molecule has 90 valence electrons. The lowest BCUT2D eigenvalue weighted by atomic mass is 10.1. The Morgan fingerprint density at radius 3 is 2.56 bits per heavy atom. The number of rotatable bonds is 5. The zero-order valence-corrected chi connectivity index (χ0v) is 11.7. The van der Waals surface area contributed by atoms with E-state index in [-0.39, 0.29) is 5.38 Å². The molecule has 0 saturated carbocycles. The maximum absolute atomic E-state index is 6.13. The van der Waals surface area contributed by atoms with Crippen molar-refractivity contribution < 1.29 is 0 Å². The standard InChI is InChI=1S/C12H16Cl3N/c1-8(2)11(14)7-16-6-9-4-3-5-10(13)12(9)15/h3-5,8,11,16H,6-7H2,1-2H3. The predicted octanol–water partition coefficient (Wildman–Crippen LogP) is 4.35. The van der Waals surface area contributed by atoms with Gasteiger partial charge in [0.25, 0.3) is 0 Å². The number of halogens is 3. The van der Waals surface area contributed by atoms with Crippen LogP contribution in [0.1, 0.15) is 19.4 Å². The van der Waals surface area contributed by atoms with Gasteiger partial charge in [-0.25, -0.2) is 0 Å². The van der Waals surface area contributed by atoms with Gasteiger partial charge in [0.15, 0.2) is 0 Å². The molecule has 0 radical (unpaired) electrons. The van der Waals surface area contributed by atoms with E-state index in [0.717, 1.165) is 12.1 Å². The molecule has 0 aromatic heterocycles. The van der Waals surface area contributed by atoms with Gasteiger partial charge in [-0.2, -0.15) is 0 Å². The molecular formula is C12H16Cl3N. The number of hydrogen-bond acceptors (Lipinski definition) is 1. The van der Waals surface area contributed by atoms with Crippen LogP contribution in [-0.4, -0.2) is 11.9 Å². The molecule has 1 aromatic rings. The molecule has 1 aromatic carbocycles. The summed E-state index contributed by atoms with van der Waals surface area (Å²) in [7, 11) is 0. The van der Waals surface area contributed by atoms with E-state index >= 15 is 0 Å². The Morgan fingerprint density at radius 2 is 1.94 bits per heavy atom. The largest absolute Gasteiger partial charge is 0.311 e. The highest BCUT2D eigenvalue weighted by molar-refractivity contribution is 6.42. The minimum absolute atomic E-state index is 0.137.